The van der Waals surface area contributed by atoms with Crippen LogP contribution in [-0.4, -0.2) is 28.6 Å². The maximum atomic E-state index is 11.7. The standard InChI is InChI=1S/C7H6BrN5O2S/c8-6-3-10-7(4-9-6)13-16(14,15)5-1-11-12-2-5/h1-4H,(H,10,13)(H,11,12). The Morgan fingerprint density at radius 2 is 2.06 bits per heavy atom. The lowest BCUT2D eigenvalue weighted by molar-refractivity contribution is 0.601. The second kappa shape index (κ2) is 4.18. The van der Waals surface area contributed by atoms with Crippen LogP contribution in [0, 0.1) is 0 Å². The van der Waals surface area contributed by atoms with Gasteiger partial charge in [-0.05, 0) is 15.9 Å². The van der Waals surface area contributed by atoms with Crippen LogP contribution in [-0.2, 0) is 10.0 Å². The molecule has 9 heteroatoms. The van der Waals surface area contributed by atoms with E-state index in [1.54, 1.807) is 0 Å². The molecule has 0 atom stereocenters. The average Bonchev–Trinajstić information content (AvgIpc) is 2.75. The zero-order valence-electron chi connectivity index (χ0n) is 7.75. The van der Waals surface area contributed by atoms with Crippen molar-refractivity contribution >= 4 is 31.8 Å². The third-order valence-electron chi connectivity index (χ3n) is 1.64. The molecule has 2 aromatic rings. The van der Waals surface area contributed by atoms with Crippen molar-refractivity contribution in [2.45, 2.75) is 4.90 Å². The minimum Gasteiger partial charge on any atom is -0.284 e. The fourth-order valence-corrected chi connectivity index (χ4v) is 2.05. The van der Waals surface area contributed by atoms with Crippen molar-refractivity contribution in [2.24, 2.45) is 0 Å². The predicted molar refractivity (Wildman–Crippen MR) is 59.1 cm³/mol. The Bertz CT molecular complexity index is 565. The number of nitrogens with one attached hydrogen (secondary N) is 2. The highest BCUT2D eigenvalue weighted by Crippen LogP contribution is 2.12. The van der Waals surface area contributed by atoms with Gasteiger partial charge in [-0.2, -0.15) is 5.10 Å². The lowest BCUT2D eigenvalue weighted by Crippen LogP contribution is -2.13. The second-order valence-corrected chi connectivity index (χ2v) is 5.26. The SMILES string of the molecule is O=S(=O)(Nc1cnc(Br)cn1)c1cn[nH]c1. The molecular formula is C7H6BrN5O2S. The number of aromatic nitrogens is 4. The van der Waals surface area contributed by atoms with Crippen molar-refractivity contribution in [2.75, 3.05) is 4.72 Å². The summed E-state index contributed by atoms with van der Waals surface area (Å²) in [7, 11) is -3.64. The van der Waals surface area contributed by atoms with Crippen LogP contribution in [0.1, 0.15) is 0 Å². The van der Waals surface area contributed by atoms with E-state index in [0.717, 1.165) is 0 Å². The maximum absolute atomic E-state index is 11.7. The third kappa shape index (κ3) is 2.36. The lowest BCUT2D eigenvalue weighted by atomic mass is 10.7. The van der Waals surface area contributed by atoms with Crippen molar-refractivity contribution in [3.63, 3.8) is 0 Å². The third-order valence-corrected chi connectivity index (χ3v) is 3.37. The van der Waals surface area contributed by atoms with Gasteiger partial charge in [0.1, 0.15) is 9.50 Å². The van der Waals surface area contributed by atoms with Crippen LogP contribution >= 0.6 is 15.9 Å². The Kier molecular flexibility index (Phi) is 2.88. The maximum Gasteiger partial charge on any atom is 0.266 e. The highest BCUT2D eigenvalue weighted by molar-refractivity contribution is 9.10. The molecule has 2 rings (SSSR count). The Morgan fingerprint density at radius 3 is 2.62 bits per heavy atom. The number of aromatic amines is 1. The summed E-state index contributed by atoms with van der Waals surface area (Å²) in [4.78, 5) is 7.73. The number of H-pyrrole nitrogens is 1. The fourth-order valence-electron chi connectivity index (χ4n) is 0.948. The topological polar surface area (TPSA) is 101 Å². The quantitative estimate of drug-likeness (QED) is 0.872. The van der Waals surface area contributed by atoms with Gasteiger partial charge in [0.15, 0.2) is 5.82 Å². The van der Waals surface area contributed by atoms with E-state index >= 15 is 0 Å². The molecule has 7 nitrogen and oxygen atoms in total. The Hall–Kier alpha value is -1.48. The van der Waals surface area contributed by atoms with E-state index in [9.17, 15) is 8.42 Å². The minimum atomic E-state index is -3.64. The number of hydrogen-bond acceptors (Lipinski definition) is 5. The van der Waals surface area contributed by atoms with Gasteiger partial charge < -0.3 is 0 Å². The second-order valence-electron chi connectivity index (χ2n) is 2.76. The molecule has 16 heavy (non-hydrogen) atoms. The molecule has 0 saturated carbocycles. The van der Waals surface area contributed by atoms with E-state index in [1.807, 2.05) is 0 Å². The van der Waals surface area contributed by atoms with E-state index in [-0.39, 0.29) is 10.7 Å². The molecule has 0 aromatic carbocycles. The first-order valence-corrected chi connectivity index (χ1v) is 6.35. The zero-order chi connectivity index (χ0) is 11.6. The van der Waals surface area contributed by atoms with Crippen LogP contribution in [0.5, 0.6) is 0 Å². The van der Waals surface area contributed by atoms with Crippen LogP contribution < -0.4 is 4.72 Å². The number of hydrogen-bond donors (Lipinski definition) is 2. The van der Waals surface area contributed by atoms with E-state index in [4.69, 9.17) is 0 Å². The first kappa shape index (κ1) is 11.0. The summed E-state index contributed by atoms with van der Waals surface area (Å²) >= 11 is 3.10. The number of sulfonamides is 1. The minimum absolute atomic E-state index is 0.0391. The van der Waals surface area contributed by atoms with Gasteiger partial charge in [-0.3, -0.25) is 9.82 Å². The summed E-state index contributed by atoms with van der Waals surface area (Å²) in [5, 5.41) is 5.97. The Balaban J connectivity index is 2.25. The van der Waals surface area contributed by atoms with Crippen molar-refractivity contribution in [3.05, 3.63) is 29.4 Å². The fraction of sp³-hybridized carbons (Fsp3) is 0. The average molecular weight is 304 g/mol. The summed E-state index contributed by atoms with van der Waals surface area (Å²) in [6, 6.07) is 0. The van der Waals surface area contributed by atoms with E-state index < -0.39 is 10.0 Å². The first-order chi connectivity index (χ1) is 7.58. The van der Waals surface area contributed by atoms with Crippen LogP contribution in [0.4, 0.5) is 5.82 Å². The van der Waals surface area contributed by atoms with Gasteiger partial charge in [0.05, 0.1) is 18.6 Å². The van der Waals surface area contributed by atoms with E-state index in [2.05, 4.69) is 40.8 Å². The van der Waals surface area contributed by atoms with Crippen molar-refractivity contribution < 1.29 is 8.42 Å². The molecule has 2 heterocycles. The highest BCUT2D eigenvalue weighted by Gasteiger charge is 2.15. The number of rotatable bonds is 3. The molecule has 0 unspecified atom stereocenters. The summed E-state index contributed by atoms with van der Waals surface area (Å²) in [6.45, 7) is 0. The van der Waals surface area contributed by atoms with Crippen molar-refractivity contribution in [1.82, 2.24) is 20.2 Å². The smallest absolute Gasteiger partial charge is 0.266 e. The van der Waals surface area contributed by atoms with Crippen LogP contribution in [0.15, 0.2) is 34.3 Å². The Labute approximate surface area is 99.5 Å². The number of anilines is 1. The molecule has 84 valence electrons. The molecule has 2 N–H and O–H groups in total. The van der Waals surface area contributed by atoms with E-state index in [0.29, 0.717) is 4.60 Å². The largest absolute Gasteiger partial charge is 0.284 e. The Morgan fingerprint density at radius 1 is 1.25 bits per heavy atom. The van der Waals surface area contributed by atoms with Gasteiger partial charge in [0, 0.05) is 6.20 Å². The van der Waals surface area contributed by atoms with Crippen LogP contribution in [0.3, 0.4) is 0 Å². The van der Waals surface area contributed by atoms with Gasteiger partial charge in [-0.1, -0.05) is 0 Å². The molecule has 0 radical (unpaired) electrons. The normalized spacial score (nSPS) is 11.3. The first-order valence-electron chi connectivity index (χ1n) is 4.07. The van der Waals surface area contributed by atoms with Gasteiger partial charge in [-0.15, -0.1) is 0 Å². The molecule has 0 aliphatic rings. The molecule has 0 spiro atoms. The van der Waals surface area contributed by atoms with Crippen LogP contribution in [0.25, 0.3) is 0 Å². The summed E-state index contributed by atoms with van der Waals surface area (Å²) < 4.78 is 26.2. The molecule has 0 aliphatic heterocycles. The molecule has 0 bridgehead atoms. The summed E-state index contributed by atoms with van der Waals surface area (Å²) in [6.07, 6.45) is 5.18. The molecule has 2 aromatic heterocycles. The van der Waals surface area contributed by atoms with Gasteiger partial charge in [0.25, 0.3) is 10.0 Å². The number of halogens is 1. The molecule has 0 amide bonds. The highest BCUT2D eigenvalue weighted by atomic mass is 79.9. The van der Waals surface area contributed by atoms with Crippen molar-refractivity contribution in [1.29, 1.82) is 0 Å². The van der Waals surface area contributed by atoms with Gasteiger partial charge in [0.2, 0.25) is 0 Å². The van der Waals surface area contributed by atoms with Crippen LogP contribution in [0.2, 0.25) is 0 Å². The van der Waals surface area contributed by atoms with Crippen molar-refractivity contribution in [3.8, 4) is 0 Å². The molecule has 0 saturated heterocycles. The van der Waals surface area contributed by atoms with E-state index in [1.165, 1.54) is 24.8 Å². The molecular weight excluding hydrogens is 298 g/mol. The van der Waals surface area contributed by atoms with Gasteiger partial charge >= 0.3 is 0 Å². The summed E-state index contributed by atoms with van der Waals surface area (Å²) in [5.74, 6) is 0.143. The summed E-state index contributed by atoms with van der Waals surface area (Å²) in [5.41, 5.74) is 0. The monoisotopic (exact) mass is 303 g/mol. The van der Waals surface area contributed by atoms with Gasteiger partial charge in [-0.25, -0.2) is 18.4 Å². The zero-order valence-corrected chi connectivity index (χ0v) is 10.2. The molecule has 0 aliphatic carbocycles. The molecule has 0 fully saturated rings. The lowest BCUT2D eigenvalue weighted by Gasteiger charge is -2.03. The predicted octanol–water partition coefficient (Wildman–Crippen LogP) is 0.763. The number of nitrogens with zero attached hydrogens (tertiary/aromatic N) is 3.